The third kappa shape index (κ3) is 6.69. The van der Waals surface area contributed by atoms with E-state index >= 15 is 0 Å². The van der Waals surface area contributed by atoms with Gasteiger partial charge in [-0.2, -0.15) is 0 Å². The fourth-order valence-electron chi connectivity index (χ4n) is 2.06. The lowest BCUT2D eigenvalue weighted by molar-refractivity contribution is 0.597. The zero-order valence-electron chi connectivity index (χ0n) is 12.0. The Kier molecular flexibility index (Phi) is 7.35. The number of hydrogen-bond donors (Lipinski definition) is 2. The molecule has 1 aromatic rings. The van der Waals surface area contributed by atoms with Gasteiger partial charge in [0.1, 0.15) is 0 Å². The average molecular weight is 416 g/mol. The lowest BCUT2D eigenvalue weighted by Crippen LogP contribution is -2.24. The van der Waals surface area contributed by atoms with E-state index < -0.39 is 0 Å². The molecule has 2 rings (SSSR count). The van der Waals surface area contributed by atoms with E-state index in [1.165, 1.54) is 9.13 Å². The number of nitrogens with two attached hydrogens (primary N) is 1. The molecule has 0 amide bonds. The third-order valence-corrected chi connectivity index (χ3v) is 4.89. The zero-order chi connectivity index (χ0) is 14.9. The van der Waals surface area contributed by atoms with Gasteiger partial charge in [-0.05, 0) is 59.5 Å². The van der Waals surface area contributed by atoms with E-state index in [4.69, 9.17) is 5.73 Å². The Morgan fingerprint density at radius 3 is 2.95 bits per heavy atom. The Hall–Kier alpha value is -0.760. The minimum absolute atomic E-state index is 0.518. The fraction of sp³-hybridized carbons (Fsp3) is 0.467. The molecule has 6 heteroatoms. The maximum atomic E-state index is 5.93. The predicted octanol–water partition coefficient (Wildman–Crippen LogP) is 2.66. The first kappa shape index (κ1) is 16.6. The van der Waals surface area contributed by atoms with Gasteiger partial charge in [-0.25, -0.2) is 0 Å². The lowest BCUT2D eigenvalue weighted by atomic mass is 10.2. The standard InChI is InChI=1S/C15H21IN4S/c16-13-5-3-12(4-6-13)7-8-19-15(17)21-9-1-2-14-10-18-11-20-14/h3-6,11,14H,1-2,7-10H2,(H2,17,19)(H,18,20). The van der Waals surface area contributed by atoms with Crippen molar-refractivity contribution in [2.24, 2.45) is 15.7 Å². The van der Waals surface area contributed by atoms with Crippen LogP contribution in [0.1, 0.15) is 18.4 Å². The predicted molar refractivity (Wildman–Crippen MR) is 101 cm³/mol. The van der Waals surface area contributed by atoms with Gasteiger partial charge in [-0.3, -0.25) is 9.98 Å². The highest BCUT2D eigenvalue weighted by Crippen LogP contribution is 2.10. The van der Waals surface area contributed by atoms with Crippen molar-refractivity contribution in [3.05, 3.63) is 33.4 Å². The quantitative estimate of drug-likeness (QED) is 0.311. The van der Waals surface area contributed by atoms with E-state index in [1.54, 1.807) is 18.1 Å². The molecule has 1 aliphatic heterocycles. The number of rotatable bonds is 7. The Morgan fingerprint density at radius 1 is 1.43 bits per heavy atom. The van der Waals surface area contributed by atoms with Gasteiger partial charge in [0.15, 0.2) is 5.17 Å². The van der Waals surface area contributed by atoms with Crippen LogP contribution in [-0.4, -0.2) is 36.4 Å². The summed E-state index contributed by atoms with van der Waals surface area (Å²) in [6.45, 7) is 1.67. The molecule has 0 saturated heterocycles. The molecule has 0 radical (unpaired) electrons. The second-order valence-electron chi connectivity index (χ2n) is 4.94. The van der Waals surface area contributed by atoms with Gasteiger partial charge in [0.2, 0.25) is 0 Å². The van der Waals surface area contributed by atoms with Crippen LogP contribution in [0.3, 0.4) is 0 Å². The smallest absolute Gasteiger partial charge is 0.153 e. The summed E-state index contributed by atoms with van der Waals surface area (Å²) in [7, 11) is 0. The highest BCUT2D eigenvalue weighted by atomic mass is 127. The summed E-state index contributed by atoms with van der Waals surface area (Å²) < 4.78 is 1.26. The molecule has 1 aliphatic rings. The monoisotopic (exact) mass is 416 g/mol. The van der Waals surface area contributed by atoms with Gasteiger partial charge < -0.3 is 11.1 Å². The molecule has 0 aliphatic carbocycles. The number of thioether (sulfide) groups is 1. The van der Waals surface area contributed by atoms with E-state index in [0.29, 0.717) is 11.2 Å². The molecule has 0 aromatic heterocycles. The second-order valence-corrected chi connectivity index (χ2v) is 7.31. The summed E-state index contributed by atoms with van der Waals surface area (Å²) in [6.07, 6.45) is 5.03. The number of nitrogens with zero attached hydrogens (tertiary/aromatic N) is 2. The Balaban J connectivity index is 1.57. The van der Waals surface area contributed by atoms with Crippen LogP contribution in [0, 0.1) is 3.57 Å². The van der Waals surface area contributed by atoms with Crippen LogP contribution in [0.15, 0.2) is 34.3 Å². The minimum atomic E-state index is 0.518. The van der Waals surface area contributed by atoms with Crippen molar-refractivity contribution in [3.8, 4) is 0 Å². The molecule has 1 atom stereocenters. The van der Waals surface area contributed by atoms with Crippen molar-refractivity contribution >= 4 is 45.9 Å². The first-order valence-electron chi connectivity index (χ1n) is 7.15. The van der Waals surface area contributed by atoms with Crippen molar-refractivity contribution in [2.75, 3.05) is 18.8 Å². The SMILES string of the molecule is NC(=NCCc1ccc(I)cc1)SCCCC1CN=CN1. The first-order chi connectivity index (χ1) is 10.2. The number of hydrogen-bond acceptors (Lipinski definition) is 4. The molecular weight excluding hydrogens is 395 g/mol. The van der Waals surface area contributed by atoms with Crippen LogP contribution in [0.4, 0.5) is 0 Å². The highest BCUT2D eigenvalue weighted by Gasteiger charge is 2.09. The van der Waals surface area contributed by atoms with E-state index in [-0.39, 0.29) is 0 Å². The fourth-order valence-corrected chi connectivity index (χ4v) is 3.13. The number of halogens is 1. The molecular formula is C15H21IN4S. The molecule has 0 fully saturated rings. The van der Waals surface area contributed by atoms with Crippen molar-refractivity contribution in [3.63, 3.8) is 0 Å². The summed E-state index contributed by atoms with van der Waals surface area (Å²) in [5.41, 5.74) is 7.24. The van der Waals surface area contributed by atoms with Crippen molar-refractivity contribution in [1.29, 1.82) is 0 Å². The van der Waals surface area contributed by atoms with E-state index in [1.807, 2.05) is 0 Å². The molecule has 4 nitrogen and oxygen atoms in total. The van der Waals surface area contributed by atoms with Crippen LogP contribution in [0.25, 0.3) is 0 Å². The van der Waals surface area contributed by atoms with Crippen LogP contribution in [0.5, 0.6) is 0 Å². The molecule has 114 valence electrons. The molecule has 0 bridgehead atoms. The molecule has 0 saturated carbocycles. The second kappa shape index (κ2) is 9.30. The molecule has 1 heterocycles. The molecule has 0 spiro atoms. The van der Waals surface area contributed by atoms with Gasteiger partial charge in [-0.1, -0.05) is 23.9 Å². The lowest BCUT2D eigenvalue weighted by Gasteiger charge is -2.08. The maximum Gasteiger partial charge on any atom is 0.153 e. The summed E-state index contributed by atoms with van der Waals surface area (Å²) in [6, 6.07) is 9.07. The van der Waals surface area contributed by atoms with E-state index in [9.17, 15) is 0 Å². The molecule has 21 heavy (non-hydrogen) atoms. The highest BCUT2D eigenvalue weighted by molar-refractivity contribution is 14.1. The van der Waals surface area contributed by atoms with Crippen LogP contribution < -0.4 is 11.1 Å². The molecule has 1 unspecified atom stereocenters. The molecule has 3 N–H and O–H groups in total. The van der Waals surface area contributed by atoms with E-state index in [2.05, 4.69) is 62.2 Å². The first-order valence-corrected chi connectivity index (χ1v) is 9.22. The average Bonchev–Trinajstić information content (AvgIpc) is 2.99. The maximum absolute atomic E-state index is 5.93. The van der Waals surface area contributed by atoms with Crippen molar-refractivity contribution in [1.82, 2.24) is 5.32 Å². The van der Waals surface area contributed by atoms with Crippen molar-refractivity contribution < 1.29 is 0 Å². The number of amidine groups is 1. The van der Waals surface area contributed by atoms with E-state index in [0.717, 1.165) is 38.1 Å². The number of benzene rings is 1. The Labute approximate surface area is 144 Å². The summed E-state index contributed by atoms with van der Waals surface area (Å²) >= 11 is 3.97. The van der Waals surface area contributed by atoms with Crippen molar-refractivity contribution in [2.45, 2.75) is 25.3 Å². The van der Waals surface area contributed by atoms with Gasteiger partial charge in [0.05, 0.1) is 12.9 Å². The normalized spacial score (nSPS) is 18.0. The third-order valence-electron chi connectivity index (χ3n) is 3.26. The van der Waals surface area contributed by atoms with Gasteiger partial charge >= 0.3 is 0 Å². The number of aliphatic imine (C=N–C) groups is 2. The summed E-state index contributed by atoms with van der Waals surface area (Å²) in [5, 5.41) is 3.94. The summed E-state index contributed by atoms with van der Waals surface area (Å²) in [4.78, 5) is 8.59. The summed E-state index contributed by atoms with van der Waals surface area (Å²) in [5.74, 6) is 1.02. The Bertz CT molecular complexity index is 479. The van der Waals surface area contributed by atoms with Crippen LogP contribution in [-0.2, 0) is 6.42 Å². The minimum Gasteiger partial charge on any atom is -0.379 e. The Morgan fingerprint density at radius 2 is 2.24 bits per heavy atom. The zero-order valence-corrected chi connectivity index (χ0v) is 14.9. The number of nitrogens with one attached hydrogen (secondary N) is 1. The largest absolute Gasteiger partial charge is 0.379 e. The molecule has 1 aromatic carbocycles. The van der Waals surface area contributed by atoms with Gasteiger partial charge in [0, 0.05) is 21.9 Å². The van der Waals surface area contributed by atoms with Crippen LogP contribution >= 0.6 is 34.4 Å². The van der Waals surface area contributed by atoms with Crippen LogP contribution in [0.2, 0.25) is 0 Å². The van der Waals surface area contributed by atoms with Gasteiger partial charge in [-0.15, -0.1) is 0 Å². The topological polar surface area (TPSA) is 62.8 Å². The van der Waals surface area contributed by atoms with Gasteiger partial charge in [0.25, 0.3) is 0 Å².